The van der Waals surface area contributed by atoms with E-state index in [1.807, 2.05) is 23.5 Å². The standard InChI is InChI=1S/C21H26N2S2/c1-24-17-9-11-19-21(12-10-17)25-20-8-3-2-7-18(20)23(19)15-13-16-6-4-5-14-22-16/h2-3,7-8,10-12,16,22H,4-6,9,13-15H2,1H3. The molecule has 1 fully saturated rings. The third kappa shape index (κ3) is 3.86. The number of benzene rings is 1. The Labute approximate surface area is 159 Å². The quantitative estimate of drug-likeness (QED) is 0.747. The predicted octanol–water partition coefficient (Wildman–Crippen LogP) is 5.55. The number of thioether (sulfide) groups is 2. The average Bonchev–Trinajstić information content (AvgIpc) is 2.88. The van der Waals surface area contributed by atoms with Gasteiger partial charge in [0, 0.05) is 22.4 Å². The summed E-state index contributed by atoms with van der Waals surface area (Å²) < 4.78 is 0. The molecule has 1 atom stereocenters. The van der Waals surface area contributed by atoms with E-state index in [0.717, 1.165) is 13.0 Å². The molecule has 2 heterocycles. The van der Waals surface area contributed by atoms with Crippen LogP contribution in [-0.4, -0.2) is 25.4 Å². The summed E-state index contributed by atoms with van der Waals surface area (Å²) in [6.45, 7) is 2.28. The summed E-state index contributed by atoms with van der Waals surface area (Å²) in [5.74, 6) is 0. The Bertz CT molecular complexity index is 714. The molecule has 132 valence electrons. The van der Waals surface area contributed by atoms with Crippen LogP contribution in [0.3, 0.4) is 0 Å². The molecule has 0 aromatic heterocycles. The smallest absolute Gasteiger partial charge is 0.0552 e. The van der Waals surface area contributed by atoms with Crippen LogP contribution in [-0.2, 0) is 0 Å². The minimum absolute atomic E-state index is 0.675. The predicted molar refractivity (Wildman–Crippen MR) is 112 cm³/mol. The van der Waals surface area contributed by atoms with Crippen LogP contribution in [0.15, 0.2) is 62.9 Å². The highest BCUT2D eigenvalue weighted by Crippen LogP contribution is 2.47. The van der Waals surface area contributed by atoms with Gasteiger partial charge in [0.25, 0.3) is 0 Å². The zero-order chi connectivity index (χ0) is 17.1. The van der Waals surface area contributed by atoms with Crippen LogP contribution in [0.4, 0.5) is 5.69 Å². The molecular formula is C21H26N2S2. The topological polar surface area (TPSA) is 15.3 Å². The molecule has 2 aliphatic heterocycles. The second-order valence-electron chi connectivity index (χ2n) is 6.82. The van der Waals surface area contributed by atoms with Crippen molar-refractivity contribution in [3.05, 3.63) is 58.0 Å². The molecule has 1 aromatic carbocycles. The van der Waals surface area contributed by atoms with Gasteiger partial charge < -0.3 is 10.2 Å². The second kappa shape index (κ2) is 8.07. The summed E-state index contributed by atoms with van der Waals surface area (Å²) in [6, 6.07) is 9.54. The Balaban J connectivity index is 1.61. The molecule has 0 bridgehead atoms. The minimum atomic E-state index is 0.675. The number of fused-ring (bicyclic) bond motifs is 2. The van der Waals surface area contributed by atoms with E-state index in [9.17, 15) is 0 Å². The van der Waals surface area contributed by atoms with E-state index < -0.39 is 0 Å². The maximum Gasteiger partial charge on any atom is 0.0552 e. The number of rotatable bonds is 4. The van der Waals surface area contributed by atoms with Crippen molar-refractivity contribution in [1.82, 2.24) is 5.32 Å². The molecule has 1 saturated heterocycles. The Morgan fingerprint density at radius 1 is 1.24 bits per heavy atom. The second-order valence-corrected chi connectivity index (χ2v) is 8.83. The summed E-state index contributed by atoms with van der Waals surface area (Å²) >= 11 is 3.77. The largest absolute Gasteiger partial charge is 0.340 e. The summed E-state index contributed by atoms with van der Waals surface area (Å²) in [6.07, 6.45) is 15.5. The van der Waals surface area contributed by atoms with Gasteiger partial charge in [0.05, 0.1) is 11.4 Å². The monoisotopic (exact) mass is 370 g/mol. The number of hydrogen-bond acceptors (Lipinski definition) is 4. The number of hydrogen-bond donors (Lipinski definition) is 1. The molecule has 25 heavy (non-hydrogen) atoms. The first-order valence-corrected chi connectivity index (χ1v) is 11.3. The normalized spacial score (nSPS) is 23.0. The summed E-state index contributed by atoms with van der Waals surface area (Å²) in [4.78, 5) is 6.77. The number of nitrogens with zero attached hydrogens (tertiary/aromatic N) is 1. The highest BCUT2D eigenvalue weighted by molar-refractivity contribution is 8.03. The van der Waals surface area contributed by atoms with Gasteiger partial charge >= 0.3 is 0 Å². The third-order valence-corrected chi connectivity index (χ3v) is 7.17. The molecule has 1 N–H and O–H groups in total. The molecule has 4 rings (SSSR count). The first kappa shape index (κ1) is 17.3. The summed E-state index contributed by atoms with van der Waals surface area (Å²) in [5, 5.41) is 3.70. The van der Waals surface area contributed by atoms with E-state index in [0.29, 0.717) is 6.04 Å². The lowest BCUT2D eigenvalue weighted by Gasteiger charge is -2.36. The van der Waals surface area contributed by atoms with Crippen molar-refractivity contribution >= 4 is 29.2 Å². The van der Waals surface area contributed by atoms with E-state index in [1.165, 1.54) is 58.3 Å². The van der Waals surface area contributed by atoms with Crippen molar-refractivity contribution in [3.8, 4) is 0 Å². The fourth-order valence-electron chi connectivity index (χ4n) is 3.81. The highest BCUT2D eigenvalue weighted by atomic mass is 32.2. The SMILES string of the molecule is CSC1=CC=C2Sc3ccccc3N(CCC3CCCCN3)C2=CC1. The van der Waals surface area contributed by atoms with E-state index >= 15 is 0 Å². The van der Waals surface area contributed by atoms with Gasteiger partial charge in [-0.15, -0.1) is 11.8 Å². The molecule has 2 nitrogen and oxygen atoms in total. The average molecular weight is 371 g/mol. The lowest BCUT2D eigenvalue weighted by atomic mass is 10.0. The van der Waals surface area contributed by atoms with Crippen molar-refractivity contribution in [3.63, 3.8) is 0 Å². The van der Waals surface area contributed by atoms with Crippen LogP contribution in [0.25, 0.3) is 0 Å². The van der Waals surface area contributed by atoms with Crippen LogP contribution in [0.1, 0.15) is 32.1 Å². The first-order valence-electron chi connectivity index (χ1n) is 9.28. The molecule has 0 spiro atoms. The molecule has 4 heteroatoms. The Morgan fingerprint density at radius 3 is 3.00 bits per heavy atom. The third-order valence-electron chi connectivity index (χ3n) is 5.21. The van der Waals surface area contributed by atoms with Crippen molar-refractivity contribution in [2.75, 3.05) is 24.2 Å². The van der Waals surface area contributed by atoms with E-state index in [2.05, 4.69) is 59.0 Å². The number of para-hydroxylation sites is 1. The van der Waals surface area contributed by atoms with Crippen molar-refractivity contribution in [2.45, 2.75) is 43.0 Å². The van der Waals surface area contributed by atoms with Crippen LogP contribution in [0.2, 0.25) is 0 Å². The molecule has 1 unspecified atom stereocenters. The van der Waals surface area contributed by atoms with Crippen LogP contribution < -0.4 is 10.2 Å². The zero-order valence-corrected chi connectivity index (χ0v) is 16.5. The molecule has 1 aromatic rings. The molecule has 0 radical (unpaired) electrons. The Kier molecular flexibility index (Phi) is 5.59. The van der Waals surface area contributed by atoms with Crippen LogP contribution >= 0.6 is 23.5 Å². The molecule has 1 aliphatic carbocycles. The van der Waals surface area contributed by atoms with Crippen molar-refractivity contribution in [1.29, 1.82) is 0 Å². The fourth-order valence-corrected chi connectivity index (χ4v) is 5.37. The maximum atomic E-state index is 3.70. The van der Waals surface area contributed by atoms with Crippen molar-refractivity contribution in [2.24, 2.45) is 0 Å². The van der Waals surface area contributed by atoms with Gasteiger partial charge in [0.1, 0.15) is 0 Å². The van der Waals surface area contributed by atoms with Gasteiger partial charge in [-0.1, -0.05) is 42.5 Å². The minimum Gasteiger partial charge on any atom is -0.340 e. The molecule has 0 saturated carbocycles. The summed E-state index contributed by atoms with van der Waals surface area (Å²) in [7, 11) is 0. The first-order chi connectivity index (χ1) is 12.3. The Hall–Kier alpha value is -1.10. The van der Waals surface area contributed by atoms with E-state index in [-0.39, 0.29) is 0 Å². The van der Waals surface area contributed by atoms with Crippen molar-refractivity contribution < 1.29 is 0 Å². The lowest BCUT2D eigenvalue weighted by molar-refractivity contribution is 0.385. The van der Waals surface area contributed by atoms with Gasteiger partial charge in [-0.05, 0) is 61.6 Å². The van der Waals surface area contributed by atoms with Gasteiger partial charge in [-0.3, -0.25) is 0 Å². The van der Waals surface area contributed by atoms with Gasteiger partial charge in [-0.2, -0.15) is 0 Å². The zero-order valence-electron chi connectivity index (χ0n) is 14.8. The molecule has 0 amide bonds. The number of piperidine rings is 1. The number of allylic oxidation sites excluding steroid dienone is 4. The number of nitrogens with one attached hydrogen (secondary N) is 1. The number of anilines is 1. The van der Waals surface area contributed by atoms with E-state index in [4.69, 9.17) is 0 Å². The van der Waals surface area contributed by atoms with Crippen LogP contribution in [0.5, 0.6) is 0 Å². The van der Waals surface area contributed by atoms with Gasteiger partial charge in [0.2, 0.25) is 0 Å². The fraction of sp³-hybridized carbons (Fsp3) is 0.429. The maximum absolute atomic E-state index is 3.70. The lowest BCUT2D eigenvalue weighted by Crippen LogP contribution is -2.38. The van der Waals surface area contributed by atoms with E-state index in [1.54, 1.807) is 0 Å². The van der Waals surface area contributed by atoms with Gasteiger partial charge in [-0.25, -0.2) is 0 Å². The highest BCUT2D eigenvalue weighted by Gasteiger charge is 2.27. The summed E-state index contributed by atoms with van der Waals surface area (Å²) in [5.41, 5.74) is 2.78. The molecule has 3 aliphatic rings. The molecular weight excluding hydrogens is 344 g/mol. The van der Waals surface area contributed by atoms with Crippen LogP contribution in [0, 0.1) is 0 Å². The van der Waals surface area contributed by atoms with Gasteiger partial charge in [0.15, 0.2) is 0 Å². The Morgan fingerprint density at radius 2 is 2.16 bits per heavy atom.